The van der Waals surface area contributed by atoms with E-state index in [0.717, 1.165) is 19.3 Å². The lowest BCUT2D eigenvalue weighted by Crippen LogP contribution is -2.46. The molecule has 18 heavy (non-hydrogen) atoms. The molecule has 1 amide bonds. The van der Waals surface area contributed by atoms with Crippen molar-refractivity contribution >= 4 is 5.91 Å². The maximum absolute atomic E-state index is 11.9. The molecule has 3 unspecified atom stereocenters. The van der Waals surface area contributed by atoms with Crippen molar-refractivity contribution in [1.29, 1.82) is 5.26 Å². The summed E-state index contributed by atoms with van der Waals surface area (Å²) in [6.45, 7) is 2.12. The molecular formula is C13H17N3O2. The van der Waals surface area contributed by atoms with Gasteiger partial charge in [0.1, 0.15) is 17.5 Å². The number of nitrogens with one attached hydrogen (secondary N) is 2. The molecule has 0 aromatic carbocycles. The van der Waals surface area contributed by atoms with E-state index in [1.54, 1.807) is 12.1 Å². The fourth-order valence-corrected chi connectivity index (χ4v) is 2.36. The van der Waals surface area contributed by atoms with E-state index in [-0.39, 0.29) is 11.9 Å². The Balaban J connectivity index is 2.00. The van der Waals surface area contributed by atoms with E-state index in [0.29, 0.717) is 17.3 Å². The van der Waals surface area contributed by atoms with Crippen molar-refractivity contribution in [3.63, 3.8) is 0 Å². The summed E-state index contributed by atoms with van der Waals surface area (Å²) in [7, 11) is 0. The molecule has 0 spiro atoms. The minimum Gasteiger partial charge on any atom is -0.391 e. The minimum atomic E-state index is -0.476. The van der Waals surface area contributed by atoms with Gasteiger partial charge in [-0.25, -0.2) is 0 Å². The van der Waals surface area contributed by atoms with E-state index in [2.05, 4.69) is 17.2 Å². The van der Waals surface area contributed by atoms with E-state index in [9.17, 15) is 9.90 Å². The molecule has 0 radical (unpaired) electrons. The van der Waals surface area contributed by atoms with Crippen LogP contribution in [0.25, 0.3) is 0 Å². The number of rotatable bonds is 2. The van der Waals surface area contributed by atoms with Crippen molar-refractivity contribution in [3.8, 4) is 6.07 Å². The Hall–Kier alpha value is -1.80. The highest BCUT2D eigenvalue weighted by molar-refractivity contribution is 5.92. The van der Waals surface area contributed by atoms with Gasteiger partial charge in [0.15, 0.2) is 0 Å². The van der Waals surface area contributed by atoms with Gasteiger partial charge < -0.3 is 15.4 Å². The summed E-state index contributed by atoms with van der Waals surface area (Å²) in [6, 6.07) is 4.88. The van der Waals surface area contributed by atoms with Crippen molar-refractivity contribution in [2.75, 3.05) is 0 Å². The van der Waals surface area contributed by atoms with Crippen molar-refractivity contribution in [2.24, 2.45) is 5.92 Å². The molecule has 1 saturated carbocycles. The normalized spacial score (nSPS) is 27.5. The van der Waals surface area contributed by atoms with Crippen LogP contribution in [0.1, 0.15) is 42.4 Å². The number of aliphatic hydroxyl groups is 1. The van der Waals surface area contributed by atoms with Gasteiger partial charge in [-0.05, 0) is 37.3 Å². The fourth-order valence-electron chi connectivity index (χ4n) is 2.36. The van der Waals surface area contributed by atoms with Crippen LogP contribution in [0.3, 0.4) is 0 Å². The van der Waals surface area contributed by atoms with Gasteiger partial charge in [0.2, 0.25) is 0 Å². The first-order chi connectivity index (χ1) is 8.60. The largest absolute Gasteiger partial charge is 0.391 e. The molecule has 0 aliphatic heterocycles. The number of aromatic nitrogens is 1. The quantitative estimate of drug-likeness (QED) is 0.732. The lowest BCUT2D eigenvalue weighted by Gasteiger charge is -2.32. The van der Waals surface area contributed by atoms with E-state index < -0.39 is 6.10 Å². The lowest BCUT2D eigenvalue weighted by molar-refractivity contribution is 0.0619. The molecule has 1 fully saturated rings. The van der Waals surface area contributed by atoms with Crippen LogP contribution >= 0.6 is 0 Å². The lowest BCUT2D eigenvalue weighted by atomic mass is 9.85. The number of carbonyl (C=O) groups is 1. The molecule has 5 heteroatoms. The molecule has 3 atom stereocenters. The van der Waals surface area contributed by atoms with Crippen molar-refractivity contribution < 1.29 is 9.90 Å². The molecule has 1 aliphatic carbocycles. The molecule has 1 aliphatic rings. The predicted molar refractivity (Wildman–Crippen MR) is 65.8 cm³/mol. The third kappa shape index (κ3) is 2.71. The number of hydrogen-bond acceptors (Lipinski definition) is 3. The number of hydrogen-bond donors (Lipinski definition) is 3. The Bertz CT molecular complexity index is 475. The van der Waals surface area contributed by atoms with Gasteiger partial charge in [-0.3, -0.25) is 4.79 Å². The third-order valence-corrected chi connectivity index (χ3v) is 3.44. The zero-order valence-corrected chi connectivity index (χ0v) is 10.3. The van der Waals surface area contributed by atoms with Gasteiger partial charge in [0.25, 0.3) is 5.91 Å². The third-order valence-electron chi connectivity index (χ3n) is 3.44. The summed E-state index contributed by atoms with van der Waals surface area (Å²) in [6.07, 6.45) is 2.03. The number of H-pyrrole nitrogens is 1. The van der Waals surface area contributed by atoms with Crippen LogP contribution in [-0.2, 0) is 0 Å². The van der Waals surface area contributed by atoms with E-state index in [1.165, 1.54) is 0 Å². The first-order valence-corrected chi connectivity index (χ1v) is 6.18. The van der Waals surface area contributed by atoms with Gasteiger partial charge in [0, 0.05) is 0 Å². The minimum absolute atomic E-state index is 0.199. The summed E-state index contributed by atoms with van der Waals surface area (Å²) >= 11 is 0. The summed E-state index contributed by atoms with van der Waals surface area (Å²) < 4.78 is 0. The van der Waals surface area contributed by atoms with Crippen LogP contribution in [0, 0.1) is 17.2 Å². The molecule has 1 aromatic heterocycles. The Kier molecular flexibility index (Phi) is 3.68. The monoisotopic (exact) mass is 247 g/mol. The molecule has 1 heterocycles. The molecule has 2 rings (SSSR count). The Labute approximate surface area is 106 Å². The molecule has 96 valence electrons. The Morgan fingerprint density at radius 3 is 3.00 bits per heavy atom. The average Bonchev–Trinajstić information content (AvgIpc) is 2.82. The molecule has 3 N–H and O–H groups in total. The van der Waals surface area contributed by atoms with Gasteiger partial charge in [-0.1, -0.05) is 6.92 Å². The predicted octanol–water partition coefficient (Wildman–Crippen LogP) is 1.17. The van der Waals surface area contributed by atoms with Gasteiger partial charge >= 0.3 is 0 Å². The molecule has 5 nitrogen and oxygen atoms in total. The summed E-state index contributed by atoms with van der Waals surface area (Å²) in [4.78, 5) is 14.7. The van der Waals surface area contributed by atoms with Crippen molar-refractivity contribution in [1.82, 2.24) is 10.3 Å². The molecule has 0 bridgehead atoms. The number of carbonyl (C=O) groups excluding carboxylic acids is 1. The number of nitrogens with zero attached hydrogens (tertiary/aromatic N) is 1. The number of amides is 1. The van der Waals surface area contributed by atoms with Gasteiger partial charge in [-0.2, -0.15) is 5.26 Å². The van der Waals surface area contributed by atoms with Crippen molar-refractivity contribution in [3.05, 3.63) is 23.5 Å². The smallest absolute Gasteiger partial charge is 0.268 e. The van der Waals surface area contributed by atoms with E-state index >= 15 is 0 Å². The SMILES string of the molecule is CC1CCC(O)C(NC(=O)c2ccc(C#N)[nH]2)C1. The zero-order chi connectivity index (χ0) is 13.1. The van der Waals surface area contributed by atoms with E-state index in [4.69, 9.17) is 5.26 Å². The Morgan fingerprint density at radius 2 is 2.33 bits per heavy atom. The average molecular weight is 247 g/mol. The van der Waals surface area contributed by atoms with E-state index in [1.807, 2.05) is 6.07 Å². The molecular weight excluding hydrogens is 230 g/mol. The van der Waals surface area contributed by atoms with Crippen molar-refractivity contribution in [2.45, 2.75) is 38.3 Å². The Morgan fingerprint density at radius 1 is 1.56 bits per heavy atom. The number of nitriles is 1. The first kappa shape index (κ1) is 12.7. The maximum atomic E-state index is 11.9. The van der Waals surface area contributed by atoms with Crippen LogP contribution in [0.5, 0.6) is 0 Å². The fraction of sp³-hybridized carbons (Fsp3) is 0.538. The van der Waals surface area contributed by atoms with Crippen LogP contribution < -0.4 is 5.32 Å². The standard InChI is InChI=1S/C13H17N3O2/c1-8-2-5-12(17)11(6-8)16-13(18)10-4-3-9(7-14)15-10/h3-4,8,11-12,15,17H,2,5-6H2,1H3,(H,16,18). The highest BCUT2D eigenvalue weighted by atomic mass is 16.3. The number of aliphatic hydroxyl groups excluding tert-OH is 1. The van der Waals surface area contributed by atoms with Crippen LogP contribution in [-0.4, -0.2) is 28.1 Å². The van der Waals surface area contributed by atoms with Crippen LogP contribution in [0.2, 0.25) is 0 Å². The summed E-state index contributed by atoms with van der Waals surface area (Å²) in [5.41, 5.74) is 0.717. The van der Waals surface area contributed by atoms with Gasteiger partial charge in [0.05, 0.1) is 12.1 Å². The second-order valence-corrected chi connectivity index (χ2v) is 4.96. The van der Waals surface area contributed by atoms with Crippen LogP contribution in [0.4, 0.5) is 0 Å². The topological polar surface area (TPSA) is 88.9 Å². The van der Waals surface area contributed by atoms with Gasteiger partial charge in [-0.15, -0.1) is 0 Å². The second kappa shape index (κ2) is 5.23. The second-order valence-electron chi connectivity index (χ2n) is 4.96. The zero-order valence-electron chi connectivity index (χ0n) is 10.3. The summed E-state index contributed by atoms with van der Waals surface area (Å²) in [5.74, 6) is 0.242. The highest BCUT2D eigenvalue weighted by Crippen LogP contribution is 2.24. The highest BCUT2D eigenvalue weighted by Gasteiger charge is 2.28. The number of aromatic amines is 1. The van der Waals surface area contributed by atoms with Crippen LogP contribution in [0.15, 0.2) is 12.1 Å². The molecule has 0 saturated heterocycles. The molecule has 1 aromatic rings. The first-order valence-electron chi connectivity index (χ1n) is 6.18. The maximum Gasteiger partial charge on any atom is 0.268 e. The summed E-state index contributed by atoms with van der Waals surface area (Å²) in [5, 5.41) is 21.4.